The molecule has 37 heavy (non-hydrogen) atoms. The molecule has 0 radical (unpaired) electrons. The third-order valence-corrected chi connectivity index (χ3v) is 4.73. The molecule has 3 rings (SSSR count). The SMILES string of the molecule is CC(=O)Oc1cc(OC(C)=O)c2c(c1)C(=O)c1cc(C(OC(C)=O)OC(C)=O)cc(OC(C)=O)c1C2=O. The van der Waals surface area contributed by atoms with Crippen molar-refractivity contribution in [1.82, 2.24) is 0 Å². The molecule has 0 N–H and O–H groups in total. The molecule has 2 aromatic carbocycles. The average molecular weight is 512 g/mol. The quantitative estimate of drug-likeness (QED) is 0.269. The molecule has 0 unspecified atom stereocenters. The number of fused-ring (bicyclic) bond motifs is 2. The Labute approximate surface area is 209 Å². The van der Waals surface area contributed by atoms with Crippen molar-refractivity contribution < 1.29 is 57.2 Å². The van der Waals surface area contributed by atoms with E-state index in [1.54, 1.807) is 0 Å². The third kappa shape index (κ3) is 5.86. The Bertz CT molecular complexity index is 1370. The Morgan fingerprint density at radius 2 is 1.03 bits per heavy atom. The highest BCUT2D eigenvalue weighted by Gasteiger charge is 2.38. The van der Waals surface area contributed by atoms with Gasteiger partial charge in [0.2, 0.25) is 5.78 Å². The van der Waals surface area contributed by atoms with Crippen LogP contribution in [0.15, 0.2) is 24.3 Å². The summed E-state index contributed by atoms with van der Waals surface area (Å²) in [5, 5.41) is 0. The van der Waals surface area contributed by atoms with Crippen LogP contribution < -0.4 is 14.2 Å². The second-order valence-corrected chi connectivity index (χ2v) is 7.78. The van der Waals surface area contributed by atoms with Crippen LogP contribution in [0.5, 0.6) is 17.2 Å². The van der Waals surface area contributed by atoms with Crippen molar-refractivity contribution in [3.63, 3.8) is 0 Å². The van der Waals surface area contributed by atoms with Crippen LogP contribution in [0.4, 0.5) is 0 Å². The lowest BCUT2D eigenvalue weighted by Crippen LogP contribution is -2.25. The van der Waals surface area contributed by atoms with Gasteiger partial charge in [-0.3, -0.25) is 33.6 Å². The zero-order valence-electron chi connectivity index (χ0n) is 20.3. The number of esters is 5. The van der Waals surface area contributed by atoms with E-state index in [4.69, 9.17) is 23.7 Å². The van der Waals surface area contributed by atoms with Crippen LogP contribution in [-0.4, -0.2) is 41.4 Å². The zero-order valence-corrected chi connectivity index (χ0v) is 20.3. The fraction of sp³-hybridized carbons (Fsp3) is 0.240. The summed E-state index contributed by atoms with van der Waals surface area (Å²) in [4.78, 5) is 85.4. The Kier molecular flexibility index (Phi) is 7.51. The van der Waals surface area contributed by atoms with E-state index >= 15 is 0 Å². The molecule has 0 amide bonds. The highest BCUT2D eigenvalue weighted by molar-refractivity contribution is 6.30. The highest BCUT2D eigenvalue weighted by atomic mass is 16.7. The van der Waals surface area contributed by atoms with Gasteiger partial charge in [-0.2, -0.15) is 0 Å². The van der Waals surface area contributed by atoms with Crippen molar-refractivity contribution in [3.05, 3.63) is 52.1 Å². The molecule has 0 bridgehead atoms. The fourth-order valence-corrected chi connectivity index (χ4v) is 3.62. The summed E-state index contributed by atoms with van der Waals surface area (Å²) in [5.41, 5.74) is -1.36. The first-order valence-electron chi connectivity index (χ1n) is 10.6. The van der Waals surface area contributed by atoms with Gasteiger partial charge in [0.1, 0.15) is 17.2 Å². The molecule has 1 aliphatic carbocycles. The van der Waals surface area contributed by atoms with Crippen molar-refractivity contribution >= 4 is 41.4 Å². The van der Waals surface area contributed by atoms with Gasteiger partial charge in [0.25, 0.3) is 6.29 Å². The summed E-state index contributed by atoms with van der Waals surface area (Å²) < 4.78 is 25.4. The van der Waals surface area contributed by atoms with Crippen LogP contribution in [0.3, 0.4) is 0 Å². The normalized spacial score (nSPS) is 11.7. The van der Waals surface area contributed by atoms with Gasteiger partial charge in [-0.05, 0) is 18.2 Å². The molecule has 0 atom stereocenters. The van der Waals surface area contributed by atoms with Crippen molar-refractivity contribution in [3.8, 4) is 17.2 Å². The van der Waals surface area contributed by atoms with Crippen molar-refractivity contribution in [2.75, 3.05) is 0 Å². The fourth-order valence-electron chi connectivity index (χ4n) is 3.62. The van der Waals surface area contributed by atoms with Gasteiger partial charge in [0.05, 0.1) is 11.1 Å². The summed E-state index contributed by atoms with van der Waals surface area (Å²) >= 11 is 0. The topological polar surface area (TPSA) is 166 Å². The number of rotatable bonds is 6. The third-order valence-electron chi connectivity index (χ3n) is 4.73. The van der Waals surface area contributed by atoms with Crippen molar-refractivity contribution in [1.29, 1.82) is 0 Å². The largest absolute Gasteiger partial charge is 0.427 e. The Hall–Kier alpha value is -4.87. The number of benzene rings is 2. The molecule has 192 valence electrons. The smallest absolute Gasteiger partial charge is 0.308 e. The first-order valence-corrected chi connectivity index (χ1v) is 10.6. The van der Waals surface area contributed by atoms with Crippen LogP contribution in [0.2, 0.25) is 0 Å². The van der Waals surface area contributed by atoms with E-state index in [0.29, 0.717) is 0 Å². The molecule has 0 fully saturated rings. The Morgan fingerprint density at radius 3 is 1.49 bits per heavy atom. The lowest BCUT2D eigenvalue weighted by Gasteiger charge is -2.24. The first-order chi connectivity index (χ1) is 17.3. The van der Waals surface area contributed by atoms with Gasteiger partial charge >= 0.3 is 29.8 Å². The van der Waals surface area contributed by atoms with Gasteiger partial charge in [-0.15, -0.1) is 0 Å². The minimum Gasteiger partial charge on any atom is -0.427 e. The Balaban J connectivity index is 2.31. The minimum atomic E-state index is -1.64. The van der Waals surface area contributed by atoms with E-state index < -0.39 is 53.5 Å². The lowest BCUT2D eigenvalue weighted by molar-refractivity contribution is -0.186. The van der Waals surface area contributed by atoms with Gasteiger partial charge in [0, 0.05) is 57.4 Å². The average Bonchev–Trinajstić information content (AvgIpc) is 2.74. The summed E-state index contributed by atoms with van der Waals surface area (Å²) in [5.74, 6) is -6.68. The molecule has 0 saturated heterocycles. The van der Waals surface area contributed by atoms with Crippen molar-refractivity contribution in [2.24, 2.45) is 0 Å². The maximum atomic E-state index is 13.6. The predicted molar refractivity (Wildman–Crippen MR) is 120 cm³/mol. The second kappa shape index (κ2) is 10.4. The molecular weight excluding hydrogens is 492 g/mol. The van der Waals surface area contributed by atoms with Gasteiger partial charge in [-0.1, -0.05) is 0 Å². The van der Waals surface area contributed by atoms with Crippen LogP contribution in [0, 0.1) is 0 Å². The van der Waals surface area contributed by atoms with E-state index in [1.165, 1.54) is 0 Å². The molecule has 12 heteroatoms. The molecule has 1 aliphatic rings. The molecule has 2 aromatic rings. The standard InChI is InChI=1S/C25H20O12/c1-10(26)33-16-8-18-22(20(9-16)35-12(3)28)24(32)21-17(23(18)31)6-15(7-19(21)34-11(2)27)25(36-13(4)29)37-14(5)30/h6-9,25H,1-5H3. The lowest BCUT2D eigenvalue weighted by atomic mass is 9.82. The monoisotopic (exact) mass is 512 g/mol. The Morgan fingerprint density at radius 1 is 0.568 bits per heavy atom. The molecule has 12 nitrogen and oxygen atoms in total. The number of hydrogen-bond acceptors (Lipinski definition) is 12. The molecule has 0 spiro atoms. The second-order valence-electron chi connectivity index (χ2n) is 7.78. The summed E-state index contributed by atoms with van der Waals surface area (Å²) in [7, 11) is 0. The van der Waals surface area contributed by atoms with E-state index in [0.717, 1.165) is 58.9 Å². The summed E-state index contributed by atoms with van der Waals surface area (Å²) in [6, 6.07) is 4.44. The van der Waals surface area contributed by atoms with E-state index in [1.807, 2.05) is 0 Å². The van der Waals surface area contributed by atoms with Crippen LogP contribution in [-0.2, 0) is 33.4 Å². The minimum absolute atomic E-state index is 0.0960. The highest BCUT2D eigenvalue weighted by Crippen LogP contribution is 2.41. The van der Waals surface area contributed by atoms with Crippen LogP contribution >= 0.6 is 0 Å². The van der Waals surface area contributed by atoms with E-state index in [2.05, 4.69) is 0 Å². The molecular formula is C25H20O12. The first kappa shape index (κ1) is 26.7. The number of ether oxygens (including phenoxy) is 5. The number of hydrogen-bond donors (Lipinski definition) is 0. The molecule has 0 aliphatic heterocycles. The van der Waals surface area contributed by atoms with Crippen LogP contribution in [0.25, 0.3) is 0 Å². The summed E-state index contributed by atoms with van der Waals surface area (Å²) in [6.45, 7) is 5.33. The maximum Gasteiger partial charge on any atom is 0.308 e. The predicted octanol–water partition coefficient (Wildman–Crippen LogP) is 2.36. The van der Waals surface area contributed by atoms with Gasteiger partial charge < -0.3 is 23.7 Å². The molecule has 0 aromatic heterocycles. The van der Waals surface area contributed by atoms with Crippen molar-refractivity contribution in [2.45, 2.75) is 40.9 Å². The van der Waals surface area contributed by atoms with E-state index in [-0.39, 0.29) is 39.3 Å². The van der Waals surface area contributed by atoms with E-state index in [9.17, 15) is 33.6 Å². The van der Waals surface area contributed by atoms with Gasteiger partial charge in [0.15, 0.2) is 5.78 Å². The number of ketones is 2. The summed E-state index contributed by atoms with van der Waals surface area (Å²) in [6.07, 6.45) is -1.64. The van der Waals surface area contributed by atoms with Gasteiger partial charge in [-0.25, -0.2) is 0 Å². The number of carbonyl (C=O) groups excluding carboxylic acids is 7. The zero-order chi connectivity index (χ0) is 27.6. The molecule has 0 saturated carbocycles. The maximum absolute atomic E-state index is 13.6. The number of carbonyl (C=O) groups is 7. The van der Waals surface area contributed by atoms with Crippen LogP contribution in [0.1, 0.15) is 78.3 Å². The molecule has 0 heterocycles.